The lowest BCUT2D eigenvalue weighted by Gasteiger charge is -2.10. The molecule has 0 spiro atoms. The molecule has 0 fully saturated rings. The van der Waals surface area contributed by atoms with Crippen LogP contribution in [-0.4, -0.2) is 32.4 Å². The molecule has 5 nitrogen and oxygen atoms in total. The lowest BCUT2D eigenvalue weighted by Crippen LogP contribution is -2.30. The average Bonchev–Trinajstić information content (AvgIpc) is 2.68. The third-order valence-electron chi connectivity index (χ3n) is 3.94. The summed E-state index contributed by atoms with van der Waals surface area (Å²) in [5.74, 6) is -1.08. The predicted molar refractivity (Wildman–Crippen MR) is 114 cm³/mol. The zero-order valence-corrected chi connectivity index (χ0v) is 17.7. The highest BCUT2D eigenvalue weighted by atomic mass is 79.9. The lowest BCUT2D eigenvalue weighted by molar-refractivity contribution is -0.117. The summed E-state index contributed by atoms with van der Waals surface area (Å²) in [4.78, 5) is 12.6. The molecular weight excluding hydrogens is 440 g/mol. The van der Waals surface area contributed by atoms with Crippen LogP contribution >= 0.6 is 15.9 Å². The van der Waals surface area contributed by atoms with Crippen molar-refractivity contribution >= 4 is 37.8 Å². The van der Waals surface area contributed by atoms with Crippen LogP contribution in [0.3, 0.4) is 0 Å². The number of hydrogen-bond donors (Lipinski definition) is 1. The van der Waals surface area contributed by atoms with Crippen molar-refractivity contribution in [2.75, 3.05) is 18.1 Å². The summed E-state index contributed by atoms with van der Waals surface area (Å²) in [5, 5.41) is 11.4. The number of carbonyl (C=O) groups excluding carboxylic acids is 1. The Morgan fingerprint density at radius 1 is 1.11 bits per heavy atom. The smallest absolute Gasteiger partial charge is 0.248 e. The highest BCUT2D eigenvalue weighted by Crippen LogP contribution is 2.15. The lowest BCUT2D eigenvalue weighted by atomic mass is 10.1. The number of amides is 1. The van der Waals surface area contributed by atoms with Gasteiger partial charge < -0.3 is 5.32 Å². The maximum absolute atomic E-state index is 12.6. The monoisotopic (exact) mass is 460 g/mol. The Kier molecular flexibility index (Phi) is 8.42. The Labute approximate surface area is 174 Å². The van der Waals surface area contributed by atoms with Crippen LogP contribution in [0, 0.1) is 11.3 Å². The first-order chi connectivity index (χ1) is 13.4. The number of benzene rings is 2. The highest BCUT2D eigenvalue weighted by molar-refractivity contribution is 9.10. The van der Waals surface area contributed by atoms with Gasteiger partial charge in [0.15, 0.2) is 9.84 Å². The average molecular weight is 461 g/mol. The molecule has 0 heterocycles. The molecule has 1 amide bonds. The van der Waals surface area contributed by atoms with Crippen molar-refractivity contribution in [3.05, 3.63) is 75.8 Å². The van der Waals surface area contributed by atoms with Crippen LogP contribution in [0.2, 0.25) is 0 Å². The van der Waals surface area contributed by atoms with E-state index >= 15 is 0 Å². The second kappa shape index (κ2) is 10.8. The normalized spacial score (nSPS) is 11.6. The van der Waals surface area contributed by atoms with Crippen LogP contribution in [-0.2, 0) is 21.1 Å². The molecule has 0 saturated carbocycles. The molecule has 0 saturated heterocycles. The van der Waals surface area contributed by atoms with Crippen LogP contribution in [0.5, 0.6) is 0 Å². The molecule has 1 N–H and O–H groups in total. The minimum absolute atomic E-state index is 0.0937. The molecule has 2 aromatic carbocycles. The second-order valence-electron chi connectivity index (χ2n) is 6.21. The summed E-state index contributed by atoms with van der Waals surface area (Å²) in [7, 11) is -3.55. The molecule has 0 radical (unpaired) electrons. The van der Waals surface area contributed by atoms with Crippen molar-refractivity contribution in [1.29, 1.82) is 5.26 Å². The van der Waals surface area contributed by atoms with Gasteiger partial charge in [0.25, 0.3) is 0 Å². The van der Waals surface area contributed by atoms with Crippen molar-refractivity contribution in [3.63, 3.8) is 0 Å². The van der Waals surface area contributed by atoms with Gasteiger partial charge in [-0.25, -0.2) is 8.42 Å². The number of rotatable bonds is 9. The first-order valence-corrected chi connectivity index (χ1v) is 11.4. The van der Waals surface area contributed by atoms with E-state index in [1.165, 1.54) is 0 Å². The Balaban J connectivity index is 2.13. The van der Waals surface area contributed by atoms with Gasteiger partial charge in [0.1, 0.15) is 0 Å². The second-order valence-corrected chi connectivity index (χ2v) is 9.31. The molecule has 7 heteroatoms. The van der Waals surface area contributed by atoms with E-state index < -0.39 is 21.5 Å². The van der Waals surface area contributed by atoms with Gasteiger partial charge in [-0.1, -0.05) is 58.4 Å². The van der Waals surface area contributed by atoms with E-state index in [0.29, 0.717) is 13.0 Å². The van der Waals surface area contributed by atoms with Crippen molar-refractivity contribution in [3.8, 4) is 6.07 Å². The third kappa shape index (κ3) is 7.67. The quantitative estimate of drug-likeness (QED) is 0.579. The number of hydrogen-bond acceptors (Lipinski definition) is 4. The summed E-state index contributed by atoms with van der Waals surface area (Å²) in [5.41, 5.74) is 1.98. The number of sulfone groups is 1. The molecule has 28 heavy (non-hydrogen) atoms. The molecule has 0 aliphatic carbocycles. The topological polar surface area (TPSA) is 87.0 Å². The molecular formula is C21H21BrN2O3S. The van der Waals surface area contributed by atoms with Gasteiger partial charge in [0.05, 0.1) is 17.6 Å². The molecule has 0 bridgehead atoms. The van der Waals surface area contributed by atoms with Crippen LogP contribution < -0.4 is 5.32 Å². The van der Waals surface area contributed by atoms with E-state index in [4.69, 9.17) is 5.26 Å². The Morgan fingerprint density at radius 3 is 2.43 bits per heavy atom. The zero-order valence-electron chi connectivity index (χ0n) is 15.3. The maximum Gasteiger partial charge on any atom is 0.248 e. The van der Waals surface area contributed by atoms with E-state index in [1.54, 1.807) is 18.2 Å². The zero-order chi connectivity index (χ0) is 20.4. The van der Waals surface area contributed by atoms with Crippen LogP contribution in [0.4, 0.5) is 0 Å². The van der Waals surface area contributed by atoms with E-state index in [-0.39, 0.29) is 17.7 Å². The number of carbonyl (C=O) groups is 1. The van der Waals surface area contributed by atoms with Crippen molar-refractivity contribution in [2.45, 2.75) is 12.8 Å². The number of halogens is 1. The maximum atomic E-state index is 12.6. The minimum Gasteiger partial charge on any atom is -0.352 e. The number of nitriles is 1. The molecule has 0 unspecified atom stereocenters. The molecule has 0 atom stereocenters. The van der Waals surface area contributed by atoms with Crippen LogP contribution in [0.15, 0.2) is 64.6 Å². The van der Waals surface area contributed by atoms with Gasteiger partial charge in [0.2, 0.25) is 5.91 Å². The van der Waals surface area contributed by atoms with Crippen LogP contribution in [0.1, 0.15) is 17.5 Å². The highest BCUT2D eigenvalue weighted by Gasteiger charge is 2.19. The fraction of sp³-hybridized carbons (Fsp3) is 0.238. The predicted octanol–water partition coefficient (Wildman–Crippen LogP) is 3.52. The van der Waals surface area contributed by atoms with Crippen molar-refractivity contribution in [2.24, 2.45) is 0 Å². The Morgan fingerprint density at radius 2 is 1.79 bits per heavy atom. The summed E-state index contributed by atoms with van der Waals surface area (Å²) >= 11 is 3.35. The summed E-state index contributed by atoms with van der Waals surface area (Å²) in [6, 6.07) is 18.8. The first-order valence-electron chi connectivity index (χ1n) is 8.75. The van der Waals surface area contributed by atoms with E-state index in [1.807, 2.05) is 48.5 Å². The van der Waals surface area contributed by atoms with Crippen molar-refractivity contribution in [1.82, 2.24) is 5.32 Å². The molecule has 2 rings (SSSR count). The van der Waals surface area contributed by atoms with Gasteiger partial charge in [-0.3, -0.25) is 4.79 Å². The Bertz CT molecular complexity index is 963. The largest absolute Gasteiger partial charge is 0.352 e. The van der Waals surface area contributed by atoms with E-state index in [0.717, 1.165) is 15.6 Å². The summed E-state index contributed by atoms with van der Waals surface area (Å²) < 4.78 is 25.4. The Hall–Kier alpha value is -2.43. The number of nitrogens with zero attached hydrogens (tertiary/aromatic N) is 1. The summed E-state index contributed by atoms with van der Waals surface area (Å²) in [6.45, 7) is 0.402. The number of nitrogens with one attached hydrogen (secondary N) is 1. The molecule has 0 aromatic heterocycles. The van der Waals surface area contributed by atoms with Gasteiger partial charge in [-0.05, 0) is 35.8 Å². The fourth-order valence-electron chi connectivity index (χ4n) is 2.52. The standard InChI is InChI=1S/C21H21BrN2O3S/c22-20-9-7-18(8-10-20)15-19(16-28(26,27)14-4-12-23)21(25)24-13-11-17-5-2-1-3-6-17/h1-3,5-10,15H,4,11,13-14,16H2,(H,24,25)/b19-15+. The SMILES string of the molecule is N#CCCS(=O)(=O)C/C(=C\c1ccc(Br)cc1)C(=O)NCCc1ccccc1. The van der Waals surface area contributed by atoms with E-state index in [2.05, 4.69) is 21.2 Å². The molecule has 2 aromatic rings. The van der Waals surface area contributed by atoms with Gasteiger partial charge >= 0.3 is 0 Å². The first kappa shape index (κ1) is 21.9. The van der Waals surface area contributed by atoms with Gasteiger partial charge in [0, 0.05) is 23.0 Å². The molecule has 0 aliphatic rings. The van der Waals surface area contributed by atoms with Gasteiger partial charge in [-0.2, -0.15) is 5.26 Å². The molecule has 146 valence electrons. The minimum atomic E-state index is -3.55. The molecule has 0 aliphatic heterocycles. The van der Waals surface area contributed by atoms with Gasteiger partial charge in [-0.15, -0.1) is 0 Å². The van der Waals surface area contributed by atoms with Crippen LogP contribution in [0.25, 0.3) is 6.08 Å². The summed E-state index contributed by atoms with van der Waals surface area (Å²) in [6.07, 6.45) is 2.14. The third-order valence-corrected chi connectivity index (χ3v) is 6.05. The van der Waals surface area contributed by atoms with E-state index in [9.17, 15) is 13.2 Å². The van der Waals surface area contributed by atoms with Crippen molar-refractivity contribution < 1.29 is 13.2 Å². The fourth-order valence-corrected chi connectivity index (χ4v) is 4.02.